The van der Waals surface area contributed by atoms with E-state index in [1.54, 1.807) is 19.2 Å². The van der Waals surface area contributed by atoms with Crippen LogP contribution < -0.4 is 15.4 Å². The first kappa shape index (κ1) is 18.1. The fraction of sp³-hybridized carbons (Fsp3) is 0.263. The number of rotatable bonds is 7. The number of nitrogens with one attached hydrogen (secondary N) is 2. The molecular weight excluding hydrogens is 350 g/mol. The van der Waals surface area contributed by atoms with Gasteiger partial charge in [-0.3, -0.25) is 14.5 Å². The van der Waals surface area contributed by atoms with Crippen molar-refractivity contribution < 1.29 is 14.3 Å². The van der Waals surface area contributed by atoms with Crippen LogP contribution in [0.25, 0.3) is 0 Å². The van der Waals surface area contributed by atoms with Crippen molar-refractivity contribution in [1.29, 1.82) is 0 Å². The van der Waals surface area contributed by atoms with E-state index in [0.29, 0.717) is 13.1 Å². The lowest BCUT2D eigenvalue weighted by atomic mass is 10.2. The second-order valence-corrected chi connectivity index (χ2v) is 6.98. The Morgan fingerprint density at radius 1 is 1.04 bits per heavy atom. The maximum absolute atomic E-state index is 12.5. The molecule has 1 aliphatic heterocycles. The summed E-state index contributed by atoms with van der Waals surface area (Å²) in [5, 5.41) is 5.49. The van der Waals surface area contributed by atoms with Gasteiger partial charge in [0.25, 0.3) is 11.1 Å². The topological polar surface area (TPSA) is 70.7 Å². The molecule has 1 heterocycles. The third kappa shape index (κ3) is 4.29. The third-order valence-electron chi connectivity index (χ3n) is 4.03. The number of nitrogens with zero attached hydrogens (tertiary/aromatic N) is 1. The van der Waals surface area contributed by atoms with Crippen molar-refractivity contribution in [2.24, 2.45) is 0 Å². The Balaban J connectivity index is 1.53. The highest BCUT2D eigenvalue weighted by Crippen LogP contribution is 2.28. The molecule has 2 aromatic carbocycles. The summed E-state index contributed by atoms with van der Waals surface area (Å²) in [5.74, 6) is 0.516. The lowest BCUT2D eigenvalue weighted by molar-refractivity contribution is -0.126. The molecule has 1 unspecified atom stereocenters. The zero-order valence-electron chi connectivity index (χ0n) is 14.7. The summed E-state index contributed by atoms with van der Waals surface area (Å²) in [4.78, 5) is 25.9. The van der Waals surface area contributed by atoms with E-state index in [1.165, 1.54) is 10.5 Å². The second-order valence-electron chi connectivity index (χ2n) is 5.92. The first-order chi connectivity index (χ1) is 12.6. The normalized spacial score (nSPS) is 16.7. The van der Waals surface area contributed by atoms with Gasteiger partial charge in [0, 0.05) is 24.5 Å². The molecule has 0 bridgehead atoms. The van der Waals surface area contributed by atoms with Gasteiger partial charge in [0.05, 0.1) is 7.11 Å². The van der Waals surface area contributed by atoms with Gasteiger partial charge in [-0.15, -0.1) is 0 Å². The number of aryl methyl sites for hydroxylation is 1. The lowest BCUT2D eigenvalue weighted by Gasteiger charge is -2.16. The highest BCUT2D eigenvalue weighted by molar-refractivity contribution is 8.15. The number of thioether (sulfide) groups is 1. The molecule has 0 aromatic heterocycles. The predicted octanol–water partition coefficient (Wildman–Crippen LogP) is 3.55. The summed E-state index contributed by atoms with van der Waals surface area (Å²) >= 11 is 1.00. The predicted molar refractivity (Wildman–Crippen MR) is 105 cm³/mol. The number of methoxy groups -OCH3 is 1. The van der Waals surface area contributed by atoms with Gasteiger partial charge in [-0.25, -0.2) is 0 Å². The summed E-state index contributed by atoms with van der Waals surface area (Å²) in [6.45, 7) is 2.87. The number of anilines is 2. The number of benzene rings is 2. The Bertz CT molecular complexity index is 778. The van der Waals surface area contributed by atoms with Crippen LogP contribution in [0.2, 0.25) is 0 Å². The standard InChI is InChI=1S/C19H21N3O3S/c1-13-3-5-14(6-4-13)20-11-12-22-18(23)17(26-19(22)24)21-15-7-9-16(25-2)10-8-15/h3-10,17,20-21H,11-12H2,1-2H3. The van der Waals surface area contributed by atoms with Crippen molar-refractivity contribution in [3.05, 3.63) is 54.1 Å². The summed E-state index contributed by atoms with van der Waals surface area (Å²) in [6, 6.07) is 15.2. The van der Waals surface area contributed by atoms with E-state index in [9.17, 15) is 9.59 Å². The number of carbonyl (C=O) groups is 2. The largest absolute Gasteiger partial charge is 0.497 e. The maximum atomic E-state index is 12.5. The summed E-state index contributed by atoms with van der Waals surface area (Å²) < 4.78 is 5.11. The van der Waals surface area contributed by atoms with Crippen LogP contribution in [-0.2, 0) is 4.79 Å². The van der Waals surface area contributed by atoms with Gasteiger partial charge in [-0.2, -0.15) is 0 Å². The van der Waals surface area contributed by atoms with Crippen LogP contribution in [0, 0.1) is 6.92 Å². The first-order valence-electron chi connectivity index (χ1n) is 8.30. The van der Waals surface area contributed by atoms with E-state index in [4.69, 9.17) is 4.74 Å². The minimum Gasteiger partial charge on any atom is -0.497 e. The number of ether oxygens (including phenoxy) is 1. The van der Waals surface area contributed by atoms with E-state index >= 15 is 0 Å². The molecule has 6 nitrogen and oxygen atoms in total. The molecule has 7 heteroatoms. The van der Waals surface area contributed by atoms with Gasteiger partial charge in [0.2, 0.25) is 0 Å². The van der Waals surface area contributed by atoms with Crippen molar-refractivity contribution in [1.82, 2.24) is 4.90 Å². The quantitative estimate of drug-likeness (QED) is 0.776. The van der Waals surface area contributed by atoms with Crippen molar-refractivity contribution in [3.8, 4) is 5.75 Å². The Morgan fingerprint density at radius 2 is 1.69 bits per heavy atom. The smallest absolute Gasteiger partial charge is 0.290 e. The molecule has 3 rings (SSSR count). The molecule has 0 saturated carbocycles. The first-order valence-corrected chi connectivity index (χ1v) is 9.18. The molecule has 2 amide bonds. The number of amides is 2. The molecule has 1 saturated heterocycles. The Morgan fingerprint density at radius 3 is 2.35 bits per heavy atom. The zero-order chi connectivity index (χ0) is 18.5. The van der Waals surface area contributed by atoms with E-state index in [0.717, 1.165) is 28.9 Å². The number of carbonyl (C=O) groups excluding carboxylic acids is 2. The molecular formula is C19H21N3O3S. The summed E-state index contributed by atoms with van der Waals surface area (Å²) in [6.07, 6.45) is 0. The van der Waals surface area contributed by atoms with Gasteiger partial charge in [-0.05, 0) is 55.1 Å². The molecule has 0 spiro atoms. The zero-order valence-corrected chi connectivity index (χ0v) is 15.5. The van der Waals surface area contributed by atoms with Gasteiger partial charge in [0.1, 0.15) is 5.75 Å². The SMILES string of the molecule is COc1ccc(NC2SC(=O)N(CCNc3ccc(C)cc3)C2=O)cc1. The number of hydrogen-bond acceptors (Lipinski definition) is 6. The van der Waals surface area contributed by atoms with E-state index in [1.807, 2.05) is 43.3 Å². The van der Waals surface area contributed by atoms with Gasteiger partial charge in [0.15, 0.2) is 5.37 Å². The minimum atomic E-state index is -0.602. The van der Waals surface area contributed by atoms with Gasteiger partial charge >= 0.3 is 0 Å². The molecule has 136 valence electrons. The Kier molecular flexibility index (Phi) is 5.68. The molecule has 2 aromatic rings. The van der Waals surface area contributed by atoms with E-state index in [2.05, 4.69) is 10.6 Å². The molecule has 0 aliphatic carbocycles. The monoisotopic (exact) mass is 371 g/mol. The van der Waals surface area contributed by atoms with Crippen LogP contribution in [0.1, 0.15) is 5.56 Å². The van der Waals surface area contributed by atoms with E-state index < -0.39 is 5.37 Å². The number of hydrogen-bond donors (Lipinski definition) is 2. The van der Waals surface area contributed by atoms with Crippen LogP contribution >= 0.6 is 11.8 Å². The number of imide groups is 1. The Hall–Kier alpha value is -2.67. The Labute approximate surface area is 156 Å². The molecule has 0 radical (unpaired) electrons. The van der Waals surface area contributed by atoms with Crippen LogP contribution in [-0.4, -0.2) is 41.6 Å². The summed E-state index contributed by atoms with van der Waals surface area (Å²) in [7, 11) is 1.60. The molecule has 1 aliphatic rings. The van der Waals surface area contributed by atoms with Crippen molar-refractivity contribution >= 4 is 34.3 Å². The maximum Gasteiger partial charge on any atom is 0.290 e. The average Bonchev–Trinajstić information content (AvgIpc) is 2.91. The van der Waals surface area contributed by atoms with Crippen LogP contribution in [0.5, 0.6) is 5.75 Å². The van der Waals surface area contributed by atoms with Crippen LogP contribution in [0.15, 0.2) is 48.5 Å². The van der Waals surface area contributed by atoms with Crippen molar-refractivity contribution in [2.45, 2.75) is 12.3 Å². The fourth-order valence-corrected chi connectivity index (χ4v) is 3.49. The molecule has 2 N–H and O–H groups in total. The van der Waals surface area contributed by atoms with Crippen LogP contribution in [0.4, 0.5) is 16.2 Å². The lowest BCUT2D eigenvalue weighted by Crippen LogP contribution is -2.37. The van der Waals surface area contributed by atoms with Crippen molar-refractivity contribution in [2.75, 3.05) is 30.8 Å². The second kappa shape index (κ2) is 8.14. The van der Waals surface area contributed by atoms with Crippen LogP contribution in [0.3, 0.4) is 0 Å². The van der Waals surface area contributed by atoms with E-state index in [-0.39, 0.29) is 11.1 Å². The molecule has 1 fully saturated rings. The van der Waals surface area contributed by atoms with Gasteiger partial charge in [-0.1, -0.05) is 17.7 Å². The van der Waals surface area contributed by atoms with Gasteiger partial charge < -0.3 is 15.4 Å². The van der Waals surface area contributed by atoms with Crippen molar-refractivity contribution in [3.63, 3.8) is 0 Å². The summed E-state index contributed by atoms with van der Waals surface area (Å²) in [5.41, 5.74) is 2.92. The average molecular weight is 371 g/mol. The third-order valence-corrected chi connectivity index (χ3v) is 5.01. The minimum absolute atomic E-state index is 0.221. The molecule has 1 atom stereocenters. The highest BCUT2D eigenvalue weighted by atomic mass is 32.2. The molecule has 26 heavy (non-hydrogen) atoms. The highest BCUT2D eigenvalue weighted by Gasteiger charge is 2.39. The fourth-order valence-electron chi connectivity index (χ4n) is 2.56.